The lowest BCUT2D eigenvalue weighted by atomic mass is 9.96. The van der Waals surface area contributed by atoms with E-state index in [9.17, 15) is 127 Å². The number of nitrogens with zero attached hydrogens (tertiary/aromatic N) is 1. The molecule has 48 heteroatoms. The molecule has 0 unspecified atom stereocenters. The molecule has 31 N–H and O–H groups in total. The number of primary amides is 1. The van der Waals surface area contributed by atoms with Crippen molar-refractivity contribution in [3.05, 3.63) is 0 Å². The van der Waals surface area contributed by atoms with Gasteiger partial charge in [-0.1, -0.05) is 68.2 Å². The van der Waals surface area contributed by atoms with Gasteiger partial charge in [0.15, 0.2) is 0 Å². The van der Waals surface area contributed by atoms with Crippen molar-refractivity contribution in [1.29, 1.82) is 0 Å². The number of nitrogens with one attached hydrogen (secondary N) is 14. The van der Waals surface area contributed by atoms with Gasteiger partial charge in [0.2, 0.25) is 94.5 Å². The summed E-state index contributed by atoms with van der Waals surface area (Å²) in [6, 6.07) is -25.7. The van der Waals surface area contributed by atoms with Gasteiger partial charge in [0.25, 0.3) is 0 Å². The van der Waals surface area contributed by atoms with E-state index in [4.69, 9.17) is 33.8 Å². The number of aliphatic hydroxyl groups is 3. The van der Waals surface area contributed by atoms with Gasteiger partial charge in [-0.25, -0.2) is 4.79 Å². The summed E-state index contributed by atoms with van der Waals surface area (Å²) in [7, 11) is 0. The zero-order chi connectivity index (χ0) is 96.7. The zero-order valence-corrected chi connectivity index (χ0v) is 74.8. The Kier molecular flexibility index (Phi) is 54.3. The molecule has 0 spiro atoms. The topological polar surface area (TPSA) is 785 Å². The minimum atomic E-state index is -1.93. The SMILES string of the molecule is CC[C@H](C)[C@H](NC(=O)[C@H](CCC(=O)O)NC(=O)[C@H](CCCCN)NC(=O)[C@H](CO)NC(=O)[C@H](CCCCN)NC(=O)[C@@H](NC(=O)[C@@H](NC(=O)[C@@H]1CCCN1C(=O)[C@H](CC(=O)O)NC(=O)[C@H](CCSC)NC(=O)[C@@H](NC(=O)[C@H](CC(C)C)NC(=O)[C@H](CO)NC(=O)[C@H](CCC(N)=O)NC(=O)[C@@H](N)CCCCN)[C@@H](C)O)C(C)C)C(C)C)C(=O)N[C@@H](CCC(=O)O)C(=O)O. The van der Waals surface area contributed by atoms with Crippen molar-refractivity contribution in [2.75, 3.05) is 51.4 Å². The molecule has 1 rings (SSSR count). The Hall–Kier alpha value is -10.5. The molecule has 0 aliphatic carbocycles. The van der Waals surface area contributed by atoms with Gasteiger partial charge >= 0.3 is 23.9 Å². The molecule has 722 valence electrons. The second kappa shape index (κ2) is 60.3. The first-order chi connectivity index (χ1) is 59.7. The number of hydrogen-bond donors (Lipinski definition) is 26. The summed E-state index contributed by atoms with van der Waals surface area (Å²) in [6.45, 7) is 11.9. The molecule has 18 atom stereocenters. The Bertz CT molecular complexity index is 3680. The van der Waals surface area contributed by atoms with Crippen molar-refractivity contribution < 1.29 is 132 Å². The van der Waals surface area contributed by atoms with Gasteiger partial charge in [0.05, 0.1) is 31.8 Å². The molecule has 0 radical (unpaired) electrons. The van der Waals surface area contributed by atoms with Crippen molar-refractivity contribution >= 4 is 130 Å². The molecule has 0 bridgehead atoms. The summed E-state index contributed by atoms with van der Waals surface area (Å²) >= 11 is 1.20. The number of nitrogens with two attached hydrogens (primary N) is 5. The fraction of sp³-hybridized carbons (Fsp3) is 0.747. The van der Waals surface area contributed by atoms with Crippen LogP contribution in [0.25, 0.3) is 0 Å². The largest absolute Gasteiger partial charge is 0.481 e. The highest BCUT2D eigenvalue weighted by Gasteiger charge is 2.44. The molecule has 127 heavy (non-hydrogen) atoms. The standard InChI is InChI=1S/C79H138N20O27S/c1-11-42(8)62(76(122)90-50(79(125)126)25-28-58(106)107)97-69(115)48(24-27-57(104)105)87-65(111)45(20-13-16-31-81)86-71(117)53(37-100)93-66(112)46(21-14-17-32-82)88-74(120)60(40(4)5)96-75(121)61(41(6)7)95-73(119)55-22-18-33-99(55)78(124)52(36-59(108)109)92-68(114)49(29-34-127-10)89-77(123)63(43(9)102)98-70(116)51(35-39(2)3)91-72(118)54(38-101)94-67(113)47(23-26-56(84)103)85-64(110)44(83)19-12-15-30-80/h39-55,60-63,100-102H,11-38,80-83H2,1-10H3,(H2,84,103)(H,85,110)(H,86,117)(H,87,111)(H,88,120)(H,89,123)(H,90,122)(H,91,118)(H,92,114)(H,93,112)(H,94,113)(H,95,119)(H,96,121)(H,97,115)(H,98,116)(H,104,105)(H,106,107)(H,108,109)(H,125,126)/t42-,43+,44-,45-,46-,47-,48-,49-,50-,51-,52-,53-,54-,55-,60-,61-,62-,63-/m0/s1. The number of thioether (sulfide) groups is 1. The summed E-state index contributed by atoms with van der Waals surface area (Å²) in [4.78, 5) is 272. The molecule has 0 aromatic carbocycles. The fourth-order valence-corrected chi connectivity index (χ4v) is 13.6. The van der Waals surface area contributed by atoms with E-state index in [1.54, 1.807) is 27.0 Å². The molecule has 1 fully saturated rings. The van der Waals surface area contributed by atoms with E-state index >= 15 is 0 Å². The second-order valence-electron chi connectivity index (χ2n) is 32.4. The van der Waals surface area contributed by atoms with Crippen molar-refractivity contribution in [3.63, 3.8) is 0 Å². The van der Waals surface area contributed by atoms with Gasteiger partial charge < -0.3 is 144 Å². The lowest BCUT2D eigenvalue weighted by molar-refractivity contribution is -0.146. The summed E-state index contributed by atoms with van der Waals surface area (Å²) in [6.07, 6.45) is -2.68. The maximum Gasteiger partial charge on any atom is 0.326 e. The second-order valence-corrected chi connectivity index (χ2v) is 33.4. The predicted octanol–water partition coefficient (Wildman–Crippen LogP) is -7.44. The van der Waals surface area contributed by atoms with Crippen LogP contribution in [-0.2, 0) is 95.9 Å². The first-order valence-corrected chi connectivity index (χ1v) is 44.1. The van der Waals surface area contributed by atoms with E-state index in [1.165, 1.54) is 46.4 Å². The number of likely N-dealkylation sites (tertiary alicyclic amines) is 1. The van der Waals surface area contributed by atoms with Gasteiger partial charge in [-0.15, -0.1) is 0 Å². The normalized spacial score (nSPS) is 16.5. The summed E-state index contributed by atoms with van der Waals surface area (Å²) < 4.78 is 0. The van der Waals surface area contributed by atoms with E-state index in [-0.39, 0.29) is 108 Å². The van der Waals surface area contributed by atoms with Crippen LogP contribution >= 0.6 is 11.8 Å². The Labute approximate surface area is 741 Å². The van der Waals surface area contributed by atoms with Crippen LogP contribution < -0.4 is 103 Å². The molecule has 0 aromatic rings. The molecule has 1 aliphatic heterocycles. The Morgan fingerprint density at radius 2 is 0.756 bits per heavy atom. The Morgan fingerprint density at radius 3 is 1.18 bits per heavy atom. The smallest absolute Gasteiger partial charge is 0.326 e. The number of carboxylic acids is 4. The van der Waals surface area contributed by atoms with Crippen LogP contribution in [0, 0.1) is 23.7 Å². The van der Waals surface area contributed by atoms with Gasteiger partial charge in [-0.3, -0.25) is 91.1 Å². The molecule has 0 saturated carbocycles. The zero-order valence-electron chi connectivity index (χ0n) is 74.0. The third-order valence-electron chi connectivity index (χ3n) is 20.7. The van der Waals surface area contributed by atoms with E-state index in [0.717, 1.165) is 11.8 Å². The fourth-order valence-electron chi connectivity index (χ4n) is 13.1. The quantitative estimate of drug-likeness (QED) is 0.0252. The van der Waals surface area contributed by atoms with Crippen molar-refractivity contribution in [2.45, 2.75) is 300 Å². The average Bonchev–Trinajstić information content (AvgIpc) is 1.72. The molecule has 0 aromatic heterocycles. The van der Waals surface area contributed by atoms with Crippen LogP contribution in [0.15, 0.2) is 0 Å². The highest BCUT2D eigenvalue weighted by Crippen LogP contribution is 2.22. The van der Waals surface area contributed by atoms with Crippen LogP contribution in [0.4, 0.5) is 0 Å². The monoisotopic (exact) mass is 1830 g/mol. The van der Waals surface area contributed by atoms with E-state index < -0.39 is 291 Å². The van der Waals surface area contributed by atoms with Gasteiger partial charge in [0.1, 0.15) is 90.6 Å². The van der Waals surface area contributed by atoms with Crippen molar-refractivity contribution in [3.8, 4) is 0 Å². The minimum Gasteiger partial charge on any atom is -0.481 e. The molecule has 47 nitrogen and oxygen atoms in total. The van der Waals surface area contributed by atoms with Crippen molar-refractivity contribution in [2.24, 2.45) is 52.3 Å². The van der Waals surface area contributed by atoms with Gasteiger partial charge in [0, 0.05) is 25.8 Å². The van der Waals surface area contributed by atoms with Crippen LogP contribution in [0.2, 0.25) is 0 Å². The highest BCUT2D eigenvalue weighted by molar-refractivity contribution is 7.98. The number of aliphatic hydroxyl groups excluding tert-OH is 3. The number of unbranched alkanes of at least 4 members (excludes halogenated alkanes) is 3. The lowest BCUT2D eigenvalue weighted by Crippen LogP contribution is -2.62. The van der Waals surface area contributed by atoms with Crippen LogP contribution in [0.1, 0.15) is 197 Å². The summed E-state index contributed by atoms with van der Waals surface area (Å²) in [5.41, 5.74) is 28.4. The Morgan fingerprint density at radius 1 is 0.402 bits per heavy atom. The number of aliphatic carboxylic acids is 4. The summed E-state index contributed by atoms with van der Waals surface area (Å²) in [5.74, 6) is -25.0. The van der Waals surface area contributed by atoms with E-state index in [2.05, 4.69) is 74.4 Å². The molecule has 16 amide bonds. The number of hydrogen-bond acceptors (Lipinski definition) is 28. The first-order valence-electron chi connectivity index (χ1n) is 42.7. The summed E-state index contributed by atoms with van der Waals surface area (Å²) in [5, 5.41) is 104. The number of amides is 16. The van der Waals surface area contributed by atoms with E-state index in [1.807, 2.05) is 0 Å². The third-order valence-corrected chi connectivity index (χ3v) is 21.4. The maximum absolute atomic E-state index is 14.6. The first kappa shape index (κ1) is 114. The van der Waals surface area contributed by atoms with Crippen LogP contribution in [0.3, 0.4) is 0 Å². The molecule has 1 saturated heterocycles. The maximum atomic E-state index is 14.6. The number of carbonyl (C=O) groups excluding carboxylic acids is 16. The number of rotatable bonds is 65. The average molecular weight is 1830 g/mol. The highest BCUT2D eigenvalue weighted by atomic mass is 32.2. The lowest BCUT2D eigenvalue weighted by Gasteiger charge is -2.32. The molecule has 1 aliphatic rings. The third kappa shape index (κ3) is 42.3. The van der Waals surface area contributed by atoms with Crippen LogP contribution in [-0.4, -0.2) is 313 Å². The van der Waals surface area contributed by atoms with Crippen LogP contribution in [0.5, 0.6) is 0 Å². The molecular weight excluding hydrogens is 1690 g/mol. The van der Waals surface area contributed by atoms with E-state index in [0.29, 0.717) is 25.8 Å². The minimum absolute atomic E-state index is 0.0541. The number of carbonyl (C=O) groups is 20. The Balaban J connectivity index is 3.56. The molecular formula is C79H138N20O27S. The van der Waals surface area contributed by atoms with Gasteiger partial charge in [-0.2, -0.15) is 11.8 Å². The molecule has 1 heterocycles. The van der Waals surface area contributed by atoms with Gasteiger partial charge in [-0.05, 0) is 159 Å². The van der Waals surface area contributed by atoms with Crippen molar-refractivity contribution in [1.82, 2.24) is 79.3 Å². The number of carboxylic acid groups (broad SMARTS) is 4. The predicted molar refractivity (Wildman–Crippen MR) is 458 cm³/mol.